The van der Waals surface area contributed by atoms with Gasteiger partial charge in [0.25, 0.3) is 0 Å². The number of aromatic nitrogens is 2. The van der Waals surface area contributed by atoms with Crippen molar-refractivity contribution in [2.24, 2.45) is 0 Å². The molecule has 1 rings (SSSR count). The van der Waals surface area contributed by atoms with Crippen molar-refractivity contribution in [1.29, 1.82) is 0 Å². The number of halogens is 3. The van der Waals surface area contributed by atoms with E-state index in [4.69, 9.17) is 4.52 Å². The first-order valence-electron chi connectivity index (χ1n) is 4.54. The zero-order chi connectivity index (χ0) is 11.3. The zero-order valence-electron chi connectivity index (χ0n) is 8.26. The molecule has 4 nitrogen and oxygen atoms in total. The second-order valence-electron chi connectivity index (χ2n) is 3.13. The van der Waals surface area contributed by atoms with Gasteiger partial charge in [0.1, 0.15) is 0 Å². The van der Waals surface area contributed by atoms with Crippen LogP contribution in [0.3, 0.4) is 0 Å². The van der Waals surface area contributed by atoms with Crippen LogP contribution < -0.4 is 5.32 Å². The number of aryl methyl sites for hydroxylation is 1. The monoisotopic (exact) mass is 223 g/mol. The Morgan fingerprint density at radius 3 is 2.67 bits per heavy atom. The summed E-state index contributed by atoms with van der Waals surface area (Å²) in [6, 6.07) is 0. The highest BCUT2D eigenvalue weighted by Gasteiger charge is 2.25. The Morgan fingerprint density at radius 2 is 2.13 bits per heavy atom. The fourth-order valence-electron chi connectivity index (χ4n) is 1.02. The third kappa shape index (κ3) is 5.36. The van der Waals surface area contributed by atoms with Crippen LogP contribution in [0.1, 0.15) is 24.6 Å². The molecule has 0 radical (unpaired) electrons. The fraction of sp³-hybridized carbons (Fsp3) is 0.750. The molecule has 0 saturated heterocycles. The Kier molecular flexibility index (Phi) is 4.07. The molecule has 15 heavy (non-hydrogen) atoms. The van der Waals surface area contributed by atoms with E-state index in [9.17, 15) is 13.2 Å². The van der Waals surface area contributed by atoms with E-state index in [0.29, 0.717) is 18.3 Å². The van der Waals surface area contributed by atoms with Crippen LogP contribution in [-0.2, 0) is 6.54 Å². The third-order valence-corrected chi connectivity index (χ3v) is 1.66. The molecule has 0 aliphatic carbocycles. The van der Waals surface area contributed by atoms with Gasteiger partial charge >= 0.3 is 6.18 Å². The molecule has 1 heterocycles. The van der Waals surface area contributed by atoms with E-state index in [-0.39, 0.29) is 13.0 Å². The lowest BCUT2D eigenvalue weighted by Crippen LogP contribution is -2.17. The van der Waals surface area contributed by atoms with Crippen molar-refractivity contribution in [3.8, 4) is 0 Å². The average molecular weight is 223 g/mol. The molecule has 7 heteroatoms. The minimum atomic E-state index is -4.08. The fourth-order valence-corrected chi connectivity index (χ4v) is 1.02. The predicted molar refractivity (Wildman–Crippen MR) is 46.0 cm³/mol. The number of nitrogens with one attached hydrogen (secondary N) is 1. The van der Waals surface area contributed by atoms with E-state index in [1.54, 1.807) is 6.92 Å². The summed E-state index contributed by atoms with van der Waals surface area (Å²) < 4.78 is 40.0. The summed E-state index contributed by atoms with van der Waals surface area (Å²) >= 11 is 0. The lowest BCUT2D eigenvalue weighted by atomic mass is 10.3. The highest BCUT2D eigenvalue weighted by Crippen LogP contribution is 2.20. The Morgan fingerprint density at radius 1 is 1.40 bits per heavy atom. The lowest BCUT2D eigenvalue weighted by molar-refractivity contribution is -0.135. The first kappa shape index (κ1) is 12.0. The van der Waals surface area contributed by atoms with Crippen LogP contribution >= 0.6 is 0 Å². The molecular formula is C8H12F3N3O. The van der Waals surface area contributed by atoms with Gasteiger partial charge in [0, 0.05) is 6.42 Å². The van der Waals surface area contributed by atoms with Crippen molar-refractivity contribution < 1.29 is 17.7 Å². The summed E-state index contributed by atoms with van der Waals surface area (Å²) in [5, 5.41) is 6.34. The molecule has 0 spiro atoms. The van der Waals surface area contributed by atoms with Gasteiger partial charge in [-0.15, -0.1) is 0 Å². The molecule has 1 N–H and O–H groups in total. The van der Waals surface area contributed by atoms with Gasteiger partial charge in [0.05, 0.1) is 6.54 Å². The summed E-state index contributed by atoms with van der Waals surface area (Å²) in [5.41, 5.74) is 0. The molecule has 0 aromatic carbocycles. The van der Waals surface area contributed by atoms with Crippen LogP contribution in [-0.4, -0.2) is 22.9 Å². The minimum absolute atomic E-state index is 0.0522. The quantitative estimate of drug-likeness (QED) is 0.773. The number of alkyl halides is 3. The molecule has 0 amide bonds. The predicted octanol–water partition coefficient (Wildman–Crippen LogP) is 1.81. The standard InChI is InChI=1S/C8H12F3N3O/c1-6-13-7(15-14-6)5-12-4-2-3-8(9,10)11/h12H,2-5H2,1H3. The van der Waals surface area contributed by atoms with Crippen molar-refractivity contribution in [2.75, 3.05) is 6.54 Å². The van der Waals surface area contributed by atoms with Gasteiger partial charge in [0.15, 0.2) is 5.82 Å². The second kappa shape index (κ2) is 5.11. The van der Waals surface area contributed by atoms with E-state index in [1.807, 2.05) is 0 Å². The maximum absolute atomic E-state index is 11.7. The summed E-state index contributed by atoms with van der Waals surface area (Å²) in [6.45, 7) is 2.26. The smallest absolute Gasteiger partial charge is 0.338 e. The second-order valence-corrected chi connectivity index (χ2v) is 3.13. The van der Waals surface area contributed by atoms with Gasteiger partial charge in [0.2, 0.25) is 5.89 Å². The number of rotatable bonds is 5. The van der Waals surface area contributed by atoms with Crippen molar-refractivity contribution >= 4 is 0 Å². The van der Waals surface area contributed by atoms with E-state index in [0.717, 1.165) is 0 Å². The van der Waals surface area contributed by atoms with Crippen LogP contribution in [0.2, 0.25) is 0 Å². The van der Waals surface area contributed by atoms with Gasteiger partial charge < -0.3 is 9.84 Å². The SMILES string of the molecule is Cc1noc(CNCCCC(F)(F)F)n1. The van der Waals surface area contributed by atoms with Gasteiger partial charge in [-0.25, -0.2) is 0 Å². The van der Waals surface area contributed by atoms with Crippen molar-refractivity contribution in [1.82, 2.24) is 15.5 Å². The summed E-state index contributed by atoms with van der Waals surface area (Å²) in [5.74, 6) is 0.904. The third-order valence-electron chi connectivity index (χ3n) is 1.66. The Balaban J connectivity index is 2.07. The highest BCUT2D eigenvalue weighted by atomic mass is 19.4. The van der Waals surface area contributed by atoms with E-state index >= 15 is 0 Å². The summed E-state index contributed by atoms with van der Waals surface area (Å²) in [7, 11) is 0. The van der Waals surface area contributed by atoms with Gasteiger partial charge in [-0.1, -0.05) is 5.16 Å². The average Bonchev–Trinajstić information content (AvgIpc) is 2.49. The van der Waals surface area contributed by atoms with Crippen LogP contribution in [0.5, 0.6) is 0 Å². The lowest BCUT2D eigenvalue weighted by Gasteiger charge is -2.05. The number of nitrogens with zero attached hydrogens (tertiary/aromatic N) is 2. The molecular weight excluding hydrogens is 211 g/mol. The molecule has 0 aliphatic heterocycles. The molecule has 86 valence electrons. The van der Waals surface area contributed by atoms with Crippen molar-refractivity contribution in [2.45, 2.75) is 32.5 Å². The number of hydrogen-bond acceptors (Lipinski definition) is 4. The van der Waals surface area contributed by atoms with Crippen LogP contribution in [0.25, 0.3) is 0 Å². The van der Waals surface area contributed by atoms with Gasteiger partial charge in [-0.2, -0.15) is 18.2 Å². The van der Waals surface area contributed by atoms with Crippen molar-refractivity contribution in [3.63, 3.8) is 0 Å². The molecule has 1 aromatic rings. The highest BCUT2D eigenvalue weighted by molar-refractivity contribution is 4.81. The van der Waals surface area contributed by atoms with Gasteiger partial charge in [-0.3, -0.25) is 0 Å². The van der Waals surface area contributed by atoms with Crippen LogP contribution in [0.4, 0.5) is 13.2 Å². The Labute approximate surface area is 84.9 Å². The molecule has 0 bridgehead atoms. The summed E-state index contributed by atoms with van der Waals surface area (Å²) in [4.78, 5) is 3.89. The van der Waals surface area contributed by atoms with E-state index in [2.05, 4.69) is 15.5 Å². The Bertz CT molecular complexity index is 298. The molecule has 0 atom stereocenters. The molecule has 0 aliphatic rings. The topological polar surface area (TPSA) is 51.0 Å². The molecule has 0 unspecified atom stereocenters. The first-order chi connectivity index (χ1) is 6.97. The van der Waals surface area contributed by atoms with Crippen molar-refractivity contribution in [3.05, 3.63) is 11.7 Å². The maximum atomic E-state index is 11.7. The molecule has 0 saturated carbocycles. The summed E-state index contributed by atoms with van der Waals surface area (Å²) in [6.07, 6.45) is -4.80. The maximum Gasteiger partial charge on any atom is 0.389 e. The van der Waals surface area contributed by atoms with Crippen LogP contribution in [0, 0.1) is 6.92 Å². The first-order valence-corrected chi connectivity index (χ1v) is 4.54. The largest absolute Gasteiger partial charge is 0.389 e. The Hall–Kier alpha value is -1.11. The number of hydrogen-bond donors (Lipinski definition) is 1. The minimum Gasteiger partial charge on any atom is -0.338 e. The van der Waals surface area contributed by atoms with Crippen LogP contribution in [0.15, 0.2) is 4.52 Å². The van der Waals surface area contributed by atoms with Gasteiger partial charge in [-0.05, 0) is 19.9 Å². The van der Waals surface area contributed by atoms with E-state index in [1.165, 1.54) is 0 Å². The zero-order valence-corrected chi connectivity index (χ0v) is 8.26. The van der Waals surface area contributed by atoms with E-state index < -0.39 is 12.6 Å². The molecule has 0 fully saturated rings. The normalized spacial score (nSPS) is 12.0. The molecule has 1 aromatic heterocycles.